The van der Waals surface area contributed by atoms with Gasteiger partial charge in [0.2, 0.25) is 0 Å². The van der Waals surface area contributed by atoms with Crippen molar-refractivity contribution in [3.05, 3.63) is 35.9 Å². The van der Waals surface area contributed by atoms with Crippen LogP contribution in [0.4, 0.5) is 0 Å². The van der Waals surface area contributed by atoms with Crippen molar-refractivity contribution >= 4 is 0 Å². The van der Waals surface area contributed by atoms with E-state index in [0.717, 1.165) is 0 Å². The van der Waals surface area contributed by atoms with Gasteiger partial charge >= 0.3 is 0 Å². The molecule has 1 aliphatic rings. The van der Waals surface area contributed by atoms with Crippen molar-refractivity contribution in [3.8, 4) is 0 Å². The molecule has 6 nitrogen and oxygen atoms in total. The van der Waals surface area contributed by atoms with Crippen LogP contribution in [0.2, 0.25) is 0 Å². The second-order valence-electron chi connectivity index (χ2n) is 4.77. The molecular weight excluding hydrogens is 252 g/mol. The van der Waals surface area contributed by atoms with E-state index >= 15 is 0 Å². The summed E-state index contributed by atoms with van der Waals surface area (Å²) in [5.74, 6) is -2.05. The van der Waals surface area contributed by atoms with Crippen molar-refractivity contribution in [2.45, 2.75) is 36.6 Å². The lowest BCUT2D eigenvalue weighted by Gasteiger charge is -2.45. The third-order valence-corrected chi connectivity index (χ3v) is 3.35. The topological polar surface area (TPSA) is 110 Å². The fourth-order valence-electron chi connectivity index (χ4n) is 2.25. The highest BCUT2D eigenvalue weighted by molar-refractivity contribution is 5.17. The highest BCUT2D eigenvalue weighted by atomic mass is 16.7. The Labute approximate surface area is 110 Å². The molecule has 0 bridgehead atoms. The van der Waals surface area contributed by atoms with Crippen LogP contribution in [0.25, 0.3) is 0 Å². The van der Waals surface area contributed by atoms with E-state index in [9.17, 15) is 20.4 Å². The molecule has 1 saturated heterocycles. The number of aliphatic hydroxyl groups is 5. The van der Waals surface area contributed by atoms with Gasteiger partial charge in [0.05, 0.1) is 6.61 Å². The molecule has 0 aliphatic carbocycles. The molecule has 0 saturated carbocycles. The molecule has 1 aromatic carbocycles. The lowest BCUT2D eigenvalue weighted by Crippen LogP contribution is -2.65. The third kappa shape index (κ3) is 2.79. The first-order valence-corrected chi connectivity index (χ1v) is 6.07. The molecule has 19 heavy (non-hydrogen) atoms. The maximum atomic E-state index is 10.3. The van der Waals surface area contributed by atoms with Gasteiger partial charge in [-0.05, 0) is 5.56 Å². The van der Waals surface area contributed by atoms with Gasteiger partial charge in [0.15, 0.2) is 5.79 Å². The number of rotatable bonds is 3. The van der Waals surface area contributed by atoms with Crippen molar-refractivity contribution in [1.29, 1.82) is 0 Å². The smallest absolute Gasteiger partial charge is 0.199 e. The first kappa shape index (κ1) is 14.4. The molecule has 1 fully saturated rings. The zero-order valence-electron chi connectivity index (χ0n) is 10.3. The standard InChI is InChI=1S/C13H18O6/c14-7-9-10(15)11(16)12(17)13(18,19-9)6-8-4-2-1-3-5-8/h1-5,9-12,14-18H,6-7H2/t9-,10+,11+,12-,13-/m1/s1. The number of ether oxygens (including phenoxy) is 1. The molecule has 0 spiro atoms. The van der Waals surface area contributed by atoms with E-state index in [1.54, 1.807) is 30.3 Å². The molecule has 5 atom stereocenters. The van der Waals surface area contributed by atoms with Crippen LogP contribution >= 0.6 is 0 Å². The molecule has 1 aliphatic heterocycles. The first-order valence-electron chi connectivity index (χ1n) is 6.07. The van der Waals surface area contributed by atoms with Crippen LogP contribution < -0.4 is 0 Å². The predicted octanol–water partition coefficient (Wildman–Crippen LogP) is -1.61. The monoisotopic (exact) mass is 270 g/mol. The molecule has 1 heterocycles. The number of hydrogen-bond donors (Lipinski definition) is 5. The van der Waals surface area contributed by atoms with Gasteiger partial charge in [-0.1, -0.05) is 30.3 Å². The summed E-state index contributed by atoms with van der Waals surface area (Å²) in [7, 11) is 0. The summed E-state index contributed by atoms with van der Waals surface area (Å²) in [4.78, 5) is 0. The fraction of sp³-hybridized carbons (Fsp3) is 0.538. The minimum Gasteiger partial charge on any atom is -0.394 e. The zero-order chi connectivity index (χ0) is 14.0. The highest BCUT2D eigenvalue weighted by Gasteiger charge is 2.52. The SMILES string of the molecule is OC[C@H]1O[C@](O)(Cc2ccccc2)[C@H](O)[C@@H](O)[C@H]1O. The van der Waals surface area contributed by atoms with E-state index in [4.69, 9.17) is 9.84 Å². The van der Waals surface area contributed by atoms with E-state index < -0.39 is 36.8 Å². The van der Waals surface area contributed by atoms with Crippen molar-refractivity contribution in [2.75, 3.05) is 6.61 Å². The predicted molar refractivity (Wildman–Crippen MR) is 65.1 cm³/mol. The molecule has 0 unspecified atom stereocenters. The average Bonchev–Trinajstić information content (AvgIpc) is 2.42. The summed E-state index contributed by atoms with van der Waals surface area (Å²) in [5.41, 5.74) is 0.698. The summed E-state index contributed by atoms with van der Waals surface area (Å²) in [5, 5.41) is 48.6. The normalized spacial score (nSPS) is 39.2. The Morgan fingerprint density at radius 2 is 1.68 bits per heavy atom. The first-order chi connectivity index (χ1) is 8.98. The van der Waals surface area contributed by atoms with E-state index in [0.29, 0.717) is 5.56 Å². The van der Waals surface area contributed by atoms with Crippen molar-refractivity contribution < 1.29 is 30.3 Å². The van der Waals surface area contributed by atoms with Gasteiger partial charge in [-0.3, -0.25) is 0 Å². The summed E-state index contributed by atoms with van der Waals surface area (Å²) in [6.45, 7) is -0.567. The van der Waals surface area contributed by atoms with Crippen LogP contribution in [0.1, 0.15) is 5.56 Å². The molecular formula is C13H18O6. The Bertz CT molecular complexity index is 409. The lowest BCUT2D eigenvalue weighted by atomic mass is 9.89. The Kier molecular flexibility index (Phi) is 4.19. The largest absolute Gasteiger partial charge is 0.394 e. The Hall–Kier alpha value is -1.02. The van der Waals surface area contributed by atoms with Gasteiger partial charge in [0.25, 0.3) is 0 Å². The summed E-state index contributed by atoms with van der Waals surface area (Å²) < 4.78 is 5.17. The molecule has 5 N–H and O–H groups in total. The van der Waals surface area contributed by atoms with Gasteiger partial charge in [0, 0.05) is 6.42 Å². The van der Waals surface area contributed by atoms with E-state index in [-0.39, 0.29) is 6.42 Å². The fourth-order valence-corrected chi connectivity index (χ4v) is 2.25. The van der Waals surface area contributed by atoms with Gasteiger partial charge in [0.1, 0.15) is 24.4 Å². The molecule has 6 heteroatoms. The van der Waals surface area contributed by atoms with E-state index in [1.165, 1.54) is 0 Å². The van der Waals surface area contributed by atoms with Crippen LogP contribution in [-0.4, -0.2) is 62.3 Å². The molecule has 1 aromatic rings. The van der Waals surface area contributed by atoms with Gasteiger partial charge in [-0.15, -0.1) is 0 Å². The van der Waals surface area contributed by atoms with E-state index in [2.05, 4.69) is 0 Å². The molecule has 106 valence electrons. The van der Waals surface area contributed by atoms with Crippen LogP contribution in [0.5, 0.6) is 0 Å². The second kappa shape index (κ2) is 5.54. The van der Waals surface area contributed by atoms with Gasteiger partial charge < -0.3 is 30.3 Å². The number of aliphatic hydroxyl groups excluding tert-OH is 4. The Morgan fingerprint density at radius 3 is 2.26 bits per heavy atom. The highest BCUT2D eigenvalue weighted by Crippen LogP contribution is 2.30. The van der Waals surface area contributed by atoms with Gasteiger partial charge in [-0.2, -0.15) is 0 Å². The summed E-state index contributed by atoms with van der Waals surface area (Å²) in [6, 6.07) is 8.81. The van der Waals surface area contributed by atoms with Crippen LogP contribution in [0.15, 0.2) is 30.3 Å². The zero-order valence-corrected chi connectivity index (χ0v) is 10.3. The van der Waals surface area contributed by atoms with Crippen LogP contribution in [0.3, 0.4) is 0 Å². The molecule has 0 amide bonds. The minimum atomic E-state index is -2.05. The Morgan fingerprint density at radius 1 is 1.05 bits per heavy atom. The maximum Gasteiger partial charge on any atom is 0.199 e. The lowest BCUT2D eigenvalue weighted by molar-refractivity contribution is -0.348. The van der Waals surface area contributed by atoms with Gasteiger partial charge in [-0.25, -0.2) is 0 Å². The van der Waals surface area contributed by atoms with Crippen LogP contribution in [-0.2, 0) is 11.2 Å². The van der Waals surface area contributed by atoms with Crippen molar-refractivity contribution in [1.82, 2.24) is 0 Å². The summed E-state index contributed by atoms with van der Waals surface area (Å²) >= 11 is 0. The molecule has 2 rings (SSSR count). The van der Waals surface area contributed by atoms with Crippen molar-refractivity contribution in [3.63, 3.8) is 0 Å². The second-order valence-corrected chi connectivity index (χ2v) is 4.77. The quantitative estimate of drug-likeness (QED) is 0.452. The van der Waals surface area contributed by atoms with Crippen LogP contribution in [0, 0.1) is 0 Å². The summed E-state index contributed by atoms with van der Waals surface area (Å²) in [6.07, 6.45) is -5.90. The van der Waals surface area contributed by atoms with Crippen molar-refractivity contribution in [2.24, 2.45) is 0 Å². The third-order valence-electron chi connectivity index (χ3n) is 3.35. The number of benzene rings is 1. The molecule has 0 aromatic heterocycles. The minimum absolute atomic E-state index is 0.0602. The Balaban J connectivity index is 2.21. The average molecular weight is 270 g/mol. The maximum absolute atomic E-state index is 10.3. The van der Waals surface area contributed by atoms with E-state index in [1.807, 2.05) is 0 Å². The molecule has 0 radical (unpaired) electrons. The number of hydrogen-bond acceptors (Lipinski definition) is 6.